The number of hydrogen-bond donors (Lipinski definition) is 4. The van der Waals surface area contributed by atoms with Crippen LogP contribution < -0.4 is 10.6 Å². The van der Waals surface area contributed by atoms with Crippen molar-refractivity contribution >= 4 is 23.6 Å². The Hall–Kier alpha value is -5.75. The predicted molar refractivity (Wildman–Crippen MR) is 209 cm³/mol. The second-order valence-corrected chi connectivity index (χ2v) is 15.0. The van der Waals surface area contributed by atoms with Crippen LogP contribution in [0.2, 0.25) is 0 Å². The first-order valence-corrected chi connectivity index (χ1v) is 19.2. The number of nitrogens with one attached hydrogen (secondary N) is 4. The molecule has 3 heterocycles. The van der Waals surface area contributed by atoms with Gasteiger partial charge in [0.2, 0.25) is 11.8 Å². The van der Waals surface area contributed by atoms with Crippen molar-refractivity contribution in [1.82, 2.24) is 30.2 Å². The lowest BCUT2D eigenvalue weighted by atomic mass is 9.78. The van der Waals surface area contributed by atoms with E-state index in [0.717, 1.165) is 77.3 Å². The maximum Gasteiger partial charge on any atom is 0.407 e. The molecule has 2 saturated carbocycles. The summed E-state index contributed by atoms with van der Waals surface area (Å²) in [7, 11) is 2.77. The third-order valence-corrected chi connectivity index (χ3v) is 11.9. The van der Waals surface area contributed by atoms with Gasteiger partial charge in [-0.25, -0.2) is 14.8 Å². The molecule has 2 bridgehead atoms. The van der Waals surface area contributed by atoms with E-state index < -0.39 is 18.2 Å². The van der Waals surface area contributed by atoms with Crippen LogP contribution in [-0.2, 0) is 19.1 Å². The first kappa shape index (κ1) is 36.2. The summed E-state index contributed by atoms with van der Waals surface area (Å²) in [5.41, 5.74) is 6.83. The van der Waals surface area contributed by atoms with Crippen LogP contribution in [0.5, 0.6) is 0 Å². The Kier molecular flexibility index (Phi) is 10.2. The van der Waals surface area contributed by atoms with E-state index in [9.17, 15) is 14.4 Å². The average molecular weight is 742 g/mol. The highest BCUT2D eigenvalue weighted by atomic mass is 16.5. The molecule has 55 heavy (non-hydrogen) atoms. The summed E-state index contributed by atoms with van der Waals surface area (Å²) in [6, 6.07) is 25.3. The number of aromatic amines is 2. The third-order valence-electron chi connectivity index (χ3n) is 11.9. The number of para-hydroxylation sites is 1. The second-order valence-electron chi connectivity index (χ2n) is 15.0. The SMILES string of the molecule is COC(=O)N[C@H](C(=O)N1CCC[C@H]1c1ncc(-c2ccc(-c3ccc(-c4cnc(C5C6CCC(C6)[C@@H]5C(=O)Nc5ccccc5)[nH]4)cc3)cc2)[nH]1)[C@@H](C)OC. The Morgan fingerprint density at radius 2 is 1.38 bits per heavy atom. The van der Waals surface area contributed by atoms with Gasteiger partial charge in [-0.3, -0.25) is 9.59 Å². The van der Waals surface area contributed by atoms with Crippen molar-refractivity contribution in [2.75, 3.05) is 26.1 Å². The summed E-state index contributed by atoms with van der Waals surface area (Å²) in [4.78, 5) is 57.4. The zero-order valence-electron chi connectivity index (χ0n) is 31.3. The minimum atomic E-state index is -0.883. The van der Waals surface area contributed by atoms with Gasteiger partial charge in [0.25, 0.3) is 0 Å². The van der Waals surface area contributed by atoms with Crippen LogP contribution in [-0.4, -0.2) is 75.7 Å². The highest BCUT2D eigenvalue weighted by molar-refractivity contribution is 5.93. The van der Waals surface area contributed by atoms with Crippen molar-refractivity contribution in [3.05, 3.63) is 103 Å². The van der Waals surface area contributed by atoms with Crippen LogP contribution in [0.25, 0.3) is 33.6 Å². The number of carbonyl (C=O) groups excluding carboxylic acids is 3. The number of alkyl carbamates (subject to hydrolysis) is 1. The molecule has 3 fully saturated rings. The van der Waals surface area contributed by atoms with E-state index in [1.165, 1.54) is 14.2 Å². The molecule has 3 aliphatic rings. The van der Waals surface area contributed by atoms with Crippen molar-refractivity contribution in [1.29, 1.82) is 0 Å². The third kappa shape index (κ3) is 7.26. The number of hydrogen-bond acceptors (Lipinski definition) is 7. The fraction of sp³-hybridized carbons (Fsp3) is 0.372. The molecule has 4 N–H and O–H groups in total. The Morgan fingerprint density at radius 1 is 0.782 bits per heavy atom. The van der Waals surface area contributed by atoms with Gasteiger partial charge >= 0.3 is 6.09 Å². The summed E-state index contributed by atoms with van der Waals surface area (Å²) in [5, 5.41) is 5.79. The van der Waals surface area contributed by atoms with E-state index in [2.05, 4.69) is 74.1 Å². The number of nitrogens with zero attached hydrogens (tertiary/aromatic N) is 3. The number of aromatic nitrogens is 4. The molecule has 1 saturated heterocycles. The van der Waals surface area contributed by atoms with Gasteiger partial charge in [0, 0.05) is 25.3 Å². The monoisotopic (exact) mass is 741 g/mol. The molecule has 12 heteroatoms. The molecule has 284 valence electrons. The lowest BCUT2D eigenvalue weighted by Gasteiger charge is -2.30. The summed E-state index contributed by atoms with van der Waals surface area (Å²) in [5.74, 6) is 2.33. The van der Waals surface area contributed by atoms with Gasteiger partial charge in [0.15, 0.2) is 0 Å². The number of fused-ring (bicyclic) bond motifs is 2. The van der Waals surface area contributed by atoms with E-state index in [-0.39, 0.29) is 29.7 Å². The number of carbonyl (C=O) groups is 3. The maximum absolute atomic E-state index is 13.6. The summed E-state index contributed by atoms with van der Waals surface area (Å²) in [6.07, 6.45) is 7.37. The van der Waals surface area contributed by atoms with E-state index >= 15 is 0 Å². The first-order chi connectivity index (χ1) is 26.8. The Bertz CT molecular complexity index is 2130. The van der Waals surface area contributed by atoms with Gasteiger partial charge in [-0.2, -0.15) is 0 Å². The molecular weight excluding hydrogens is 695 g/mol. The number of anilines is 1. The predicted octanol–water partition coefficient (Wildman–Crippen LogP) is 7.33. The zero-order chi connectivity index (χ0) is 38.1. The minimum absolute atomic E-state index is 0.0853. The molecule has 3 aromatic carbocycles. The van der Waals surface area contributed by atoms with Crippen LogP contribution in [0, 0.1) is 17.8 Å². The number of amides is 3. The number of benzene rings is 3. The molecule has 0 radical (unpaired) electrons. The first-order valence-electron chi connectivity index (χ1n) is 19.2. The van der Waals surface area contributed by atoms with Crippen molar-refractivity contribution < 1.29 is 23.9 Å². The second kappa shape index (κ2) is 15.5. The molecule has 8 rings (SSSR count). The highest BCUT2D eigenvalue weighted by Gasteiger charge is 2.52. The van der Waals surface area contributed by atoms with Crippen LogP contribution >= 0.6 is 0 Å². The number of ether oxygens (including phenoxy) is 2. The average Bonchev–Trinajstić information content (AvgIpc) is 4.08. The number of imidazole rings is 2. The molecule has 0 spiro atoms. The van der Waals surface area contributed by atoms with Crippen LogP contribution in [0.3, 0.4) is 0 Å². The van der Waals surface area contributed by atoms with Gasteiger partial charge < -0.3 is 35.0 Å². The van der Waals surface area contributed by atoms with Crippen molar-refractivity contribution in [3.63, 3.8) is 0 Å². The molecule has 2 aliphatic carbocycles. The van der Waals surface area contributed by atoms with Crippen molar-refractivity contribution in [3.8, 4) is 33.6 Å². The normalized spacial score (nSPS) is 22.7. The van der Waals surface area contributed by atoms with Gasteiger partial charge in [0.05, 0.1) is 49.0 Å². The van der Waals surface area contributed by atoms with Crippen molar-refractivity contribution in [2.45, 2.75) is 63.1 Å². The van der Waals surface area contributed by atoms with Crippen LogP contribution in [0.1, 0.15) is 62.6 Å². The lowest BCUT2D eigenvalue weighted by molar-refractivity contribution is -0.137. The minimum Gasteiger partial charge on any atom is -0.453 e. The van der Waals surface area contributed by atoms with E-state index in [0.29, 0.717) is 24.2 Å². The molecule has 7 atom stereocenters. The molecule has 5 aromatic rings. The number of H-pyrrole nitrogens is 2. The molecule has 1 aliphatic heterocycles. The Morgan fingerprint density at radius 3 is 2.02 bits per heavy atom. The smallest absolute Gasteiger partial charge is 0.407 e. The molecule has 2 aromatic heterocycles. The molecular formula is C43H47N7O5. The number of rotatable bonds is 11. The molecule has 3 unspecified atom stereocenters. The topological polar surface area (TPSA) is 154 Å². The van der Waals surface area contributed by atoms with Crippen LogP contribution in [0.4, 0.5) is 10.5 Å². The van der Waals surface area contributed by atoms with Crippen molar-refractivity contribution in [2.24, 2.45) is 17.8 Å². The standard InChI is InChI=1S/C43H47N7O5/c1-25(54-2)38(49-43(53)55-3)42(52)50-21-7-10-35(50)39-44-23-33(47-39)28-15-11-26(12-16-28)27-13-17-29(18-14-27)34-24-45-40(48-34)36-30-19-20-31(22-30)37(36)41(51)46-32-8-5-4-6-9-32/h4-6,8-9,11-18,23-25,30-31,35-38H,7,10,19-22H2,1-3H3,(H,44,47)(H,45,48)(H,46,51)(H,49,53)/t25-,30?,31?,35+,36?,37+,38+/m1/s1. The highest BCUT2D eigenvalue weighted by Crippen LogP contribution is 2.56. The fourth-order valence-electron chi connectivity index (χ4n) is 8.99. The zero-order valence-corrected chi connectivity index (χ0v) is 31.3. The fourth-order valence-corrected chi connectivity index (χ4v) is 8.99. The van der Waals surface area contributed by atoms with Gasteiger partial charge in [-0.1, -0.05) is 66.7 Å². The van der Waals surface area contributed by atoms with Gasteiger partial charge in [-0.05, 0) is 85.3 Å². The maximum atomic E-state index is 13.6. The number of methoxy groups -OCH3 is 2. The summed E-state index contributed by atoms with van der Waals surface area (Å²) >= 11 is 0. The summed E-state index contributed by atoms with van der Waals surface area (Å²) in [6.45, 7) is 2.30. The number of likely N-dealkylation sites (tertiary alicyclic amines) is 1. The van der Waals surface area contributed by atoms with E-state index in [1.807, 2.05) is 36.5 Å². The quantitative estimate of drug-likeness (QED) is 0.111. The Balaban J connectivity index is 0.929. The summed E-state index contributed by atoms with van der Waals surface area (Å²) < 4.78 is 10.2. The van der Waals surface area contributed by atoms with Crippen LogP contribution in [0.15, 0.2) is 91.3 Å². The largest absolute Gasteiger partial charge is 0.453 e. The lowest BCUT2D eigenvalue weighted by Crippen LogP contribution is -2.54. The molecule has 12 nitrogen and oxygen atoms in total. The van der Waals surface area contributed by atoms with Gasteiger partial charge in [0.1, 0.15) is 17.7 Å². The van der Waals surface area contributed by atoms with Gasteiger partial charge in [-0.15, -0.1) is 0 Å². The molecule has 3 amide bonds. The van der Waals surface area contributed by atoms with E-state index in [4.69, 9.17) is 14.5 Å². The Labute approximate surface area is 320 Å². The van der Waals surface area contributed by atoms with E-state index in [1.54, 1.807) is 18.0 Å².